The van der Waals surface area contributed by atoms with E-state index in [0.717, 1.165) is 5.25 Å². The van der Waals surface area contributed by atoms with Gasteiger partial charge in [-0.15, -0.1) is 0 Å². The van der Waals surface area contributed by atoms with Crippen molar-refractivity contribution in [3.63, 3.8) is 0 Å². The highest BCUT2D eigenvalue weighted by Crippen LogP contribution is 2.25. The summed E-state index contributed by atoms with van der Waals surface area (Å²) < 4.78 is 1.35. The molecular weight excluding hydrogens is 231 g/mol. The first-order valence-corrected chi connectivity index (χ1v) is 5.68. The first kappa shape index (κ1) is 7.19. The molecule has 0 radical (unpaired) electrons. The van der Waals surface area contributed by atoms with Crippen molar-refractivity contribution in [1.29, 1.82) is 0 Å². The smallest absolute Gasteiger partial charge is 0.0137 e. The van der Waals surface area contributed by atoms with Gasteiger partial charge in [0.05, 0.1) is 0 Å². The molecule has 1 atom stereocenters. The molecule has 1 aliphatic rings. The van der Waals surface area contributed by atoms with Crippen LogP contribution in [0.2, 0.25) is 0 Å². The van der Waals surface area contributed by atoms with Crippen LogP contribution in [0.1, 0.15) is 19.3 Å². The van der Waals surface area contributed by atoms with Crippen LogP contribution in [0.15, 0.2) is 0 Å². The predicted molar refractivity (Wildman–Crippen MR) is 49.0 cm³/mol. The van der Waals surface area contributed by atoms with Gasteiger partial charge in [0.15, 0.2) is 0 Å². The Bertz CT molecular complexity index is 59.5. The van der Waals surface area contributed by atoms with E-state index < -0.39 is 0 Å². The number of alkyl halides is 1. The van der Waals surface area contributed by atoms with Crippen LogP contribution in [0.25, 0.3) is 0 Å². The van der Waals surface area contributed by atoms with E-state index in [2.05, 4.69) is 34.4 Å². The van der Waals surface area contributed by atoms with Crippen molar-refractivity contribution in [3.05, 3.63) is 0 Å². The summed E-state index contributed by atoms with van der Waals surface area (Å²) in [5.74, 6) is 1.41. The molecule has 0 bridgehead atoms. The number of thioether (sulfide) groups is 1. The van der Waals surface area contributed by atoms with Gasteiger partial charge < -0.3 is 0 Å². The molecule has 0 nitrogen and oxygen atoms in total. The molecular formula is C6H11IS. The summed E-state index contributed by atoms with van der Waals surface area (Å²) in [6, 6.07) is 0. The summed E-state index contributed by atoms with van der Waals surface area (Å²) in [6.07, 6.45) is 4.39. The molecule has 1 aliphatic heterocycles. The molecule has 0 unspecified atom stereocenters. The Kier molecular flexibility index (Phi) is 3.58. The van der Waals surface area contributed by atoms with E-state index in [4.69, 9.17) is 0 Å². The van der Waals surface area contributed by atoms with Gasteiger partial charge in [0, 0.05) is 9.68 Å². The van der Waals surface area contributed by atoms with E-state index in [1.54, 1.807) is 0 Å². The summed E-state index contributed by atoms with van der Waals surface area (Å²) in [4.78, 5) is 0. The van der Waals surface area contributed by atoms with Crippen molar-refractivity contribution < 1.29 is 0 Å². The Balaban J connectivity index is 2.13. The highest BCUT2D eigenvalue weighted by Gasteiger charge is 2.10. The molecule has 0 aliphatic carbocycles. The zero-order valence-corrected chi connectivity index (χ0v) is 7.87. The summed E-state index contributed by atoms with van der Waals surface area (Å²) in [5, 5.41) is 0.990. The molecule has 48 valence electrons. The van der Waals surface area contributed by atoms with Gasteiger partial charge in [-0.05, 0) is 18.6 Å². The SMILES string of the molecule is IC[C@H]1CCCCS1. The molecule has 1 rings (SSSR count). The lowest BCUT2D eigenvalue weighted by molar-refractivity contribution is 0.701. The maximum absolute atomic E-state index is 2.49. The van der Waals surface area contributed by atoms with Crippen LogP contribution in [0.4, 0.5) is 0 Å². The van der Waals surface area contributed by atoms with Gasteiger partial charge >= 0.3 is 0 Å². The van der Waals surface area contributed by atoms with E-state index in [1.807, 2.05) is 0 Å². The Morgan fingerprint density at radius 3 is 2.75 bits per heavy atom. The Morgan fingerprint density at radius 1 is 1.50 bits per heavy atom. The highest BCUT2D eigenvalue weighted by atomic mass is 127. The van der Waals surface area contributed by atoms with Gasteiger partial charge in [-0.2, -0.15) is 11.8 Å². The average molecular weight is 242 g/mol. The summed E-state index contributed by atoms with van der Waals surface area (Å²) in [6.45, 7) is 0. The second kappa shape index (κ2) is 3.99. The molecule has 1 saturated heterocycles. The molecule has 8 heavy (non-hydrogen) atoms. The van der Waals surface area contributed by atoms with E-state index in [-0.39, 0.29) is 0 Å². The van der Waals surface area contributed by atoms with Gasteiger partial charge in [-0.1, -0.05) is 29.0 Å². The van der Waals surface area contributed by atoms with Crippen molar-refractivity contribution in [2.24, 2.45) is 0 Å². The first-order valence-electron chi connectivity index (χ1n) is 3.11. The molecule has 0 aromatic rings. The van der Waals surface area contributed by atoms with Crippen LogP contribution < -0.4 is 0 Å². The lowest BCUT2D eigenvalue weighted by Crippen LogP contribution is -2.09. The molecule has 0 amide bonds. The average Bonchev–Trinajstić information content (AvgIpc) is 1.90. The van der Waals surface area contributed by atoms with Gasteiger partial charge in [-0.25, -0.2) is 0 Å². The Labute approximate surface area is 68.9 Å². The minimum absolute atomic E-state index is 0.990. The van der Waals surface area contributed by atoms with E-state index >= 15 is 0 Å². The van der Waals surface area contributed by atoms with Crippen LogP contribution in [-0.4, -0.2) is 15.4 Å². The normalized spacial score (nSPS) is 30.4. The van der Waals surface area contributed by atoms with Crippen molar-refractivity contribution in [2.45, 2.75) is 24.5 Å². The topological polar surface area (TPSA) is 0 Å². The summed E-state index contributed by atoms with van der Waals surface area (Å²) in [5.41, 5.74) is 0. The van der Waals surface area contributed by atoms with E-state index in [0.29, 0.717) is 0 Å². The zero-order valence-electron chi connectivity index (χ0n) is 4.90. The van der Waals surface area contributed by atoms with Crippen molar-refractivity contribution in [2.75, 3.05) is 10.2 Å². The highest BCUT2D eigenvalue weighted by molar-refractivity contribution is 14.1. The quantitative estimate of drug-likeness (QED) is 0.503. The lowest BCUT2D eigenvalue weighted by Gasteiger charge is -2.17. The Morgan fingerprint density at radius 2 is 2.38 bits per heavy atom. The fraction of sp³-hybridized carbons (Fsp3) is 1.00. The number of hydrogen-bond acceptors (Lipinski definition) is 1. The fourth-order valence-corrected chi connectivity index (χ4v) is 3.26. The number of hydrogen-bond donors (Lipinski definition) is 0. The second-order valence-corrected chi connectivity index (χ2v) is 4.43. The lowest BCUT2D eigenvalue weighted by atomic mass is 10.2. The van der Waals surface area contributed by atoms with E-state index in [9.17, 15) is 0 Å². The number of rotatable bonds is 1. The van der Waals surface area contributed by atoms with Crippen molar-refractivity contribution >= 4 is 34.4 Å². The molecule has 0 N–H and O–H groups in total. The third-order valence-electron chi connectivity index (χ3n) is 1.45. The molecule has 1 fully saturated rings. The van der Waals surface area contributed by atoms with Gasteiger partial charge in [-0.3, -0.25) is 0 Å². The monoisotopic (exact) mass is 242 g/mol. The third kappa shape index (κ3) is 2.13. The van der Waals surface area contributed by atoms with Crippen LogP contribution in [-0.2, 0) is 0 Å². The number of halogens is 1. The molecule has 1 heterocycles. The van der Waals surface area contributed by atoms with Gasteiger partial charge in [0.25, 0.3) is 0 Å². The van der Waals surface area contributed by atoms with Gasteiger partial charge in [0.1, 0.15) is 0 Å². The second-order valence-electron chi connectivity index (χ2n) is 2.14. The molecule has 0 spiro atoms. The summed E-state index contributed by atoms with van der Waals surface area (Å²) >= 11 is 4.64. The maximum atomic E-state index is 2.49. The minimum Gasteiger partial charge on any atom is -0.158 e. The maximum Gasteiger partial charge on any atom is 0.0137 e. The standard InChI is InChI=1S/C6H11IS/c7-5-6-3-1-2-4-8-6/h6H,1-5H2/t6-/m1/s1. The molecule has 0 aromatic carbocycles. The zero-order chi connectivity index (χ0) is 5.82. The third-order valence-corrected chi connectivity index (χ3v) is 4.51. The molecule has 2 heteroatoms. The van der Waals surface area contributed by atoms with Gasteiger partial charge in [0.2, 0.25) is 0 Å². The Hall–Kier alpha value is 1.08. The van der Waals surface area contributed by atoms with Crippen molar-refractivity contribution in [3.8, 4) is 0 Å². The molecule has 0 saturated carbocycles. The van der Waals surface area contributed by atoms with Crippen LogP contribution >= 0.6 is 34.4 Å². The van der Waals surface area contributed by atoms with Crippen LogP contribution in [0.5, 0.6) is 0 Å². The predicted octanol–water partition coefficient (Wildman–Crippen LogP) is 2.71. The van der Waals surface area contributed by atoms with Crippen LogP contribution in [0.3, 0.4) is 0 Å². The first-order chi connectivity index (χ1) is 3.93. The van der Waals surface area contributed by atoms with E-state index in [1.165, 1.54) is 29.4 Å². The molecule has 0 aromatic heterocycles. The summed E-state index contributed by atoms with van der Waals surface area (Å²) in [7, 11) is 0. The largest absolute Gasteiger partial charge is 0.158 e. The van der Waals surface area contributed by atoms with Crippen LogP contribution in [0, 0.1) is 0 Å². The minimum atomic E-state index is 0.990. The fourth-order valence-electron chi connectivity index (χ4n) is 0.929. The van der Waals surface area contributed by atoms with Crippen molar-refractivity contribution in [1.82, 2.24) is 0 Å².